The first-order valence-corrected chi connectivity index (χ1v) is 6.67. The second kappa shape index (κ2) is 4.67. The van der Waals surface area contributed by atoms with Crippen molar-refractivity contribution in [1.82, 2.24) is 9.55 Å². The summed E-state index contributed by atoms with van der Waals surface area (Å²) in [6, 6.07) is 5.48. The molecule has 0 fully saturated rings. The molecule has 4 nitrogen and oxygen atoms in total. The molecule has 1 unspecified atom stereocenters. The summed E-state index contributed by atoms with van der Waals surface area (Å²) in [6.45, 7) is 4.08. The molecule has 1 N–H and O–H groups in total. The molecular formula is C15H14F3N3O. The zero-order valence-electron chi connectivity index (χ0n) is 12.0. The summed E-state index contributed by atoms with van der Waals surface area (Å²) in [5, 5.41) is 9.22. The second-order valence-electron chi connectivity index (χ2n) is 5.83. The van der Waals surface area contributed by atoms with Crippen LogP contribution in [0.2, 0.25) is 0 Å². The van der Waals surface area contributed by atoms with Crippen molar-refractivity contribution in [2.24, 2.45) is 4.99 Å². The fourth-order valence-electron chi connectivity index (χ4n) is 2.42. The molecule has 1 aliphatic rings. The number of aliphatic hydroxyl groups is 1. The molecule has 7 heteroatoms. The van der Waals surface area contributed by atoms with Crippen molar-refractivity contribution in [3.8, 4) is 5.69 Å². The SMILES string of the molecule is CC1(C)C=Nc2cc(-n3cnc(C(O)C(F)(F)F)c3)ccc21. The van der Waals surface area contributed by atoms with Crippen molar-refractivity contribution in [2.75, 3.05) is 0 Å². The van der Waals surface area contributed by atoms with E-state index in [1.165, 1.54) is 17.1 Å². The fourth-order valence-corrected chi connectivity index (χ4v) is 2.42. The van der Waals surface area contributed by atoms with Crippen molar-refractivity contribution in [3.63, 3.8) is 0 Å². The van der Waals surface area contributed by atoms with E-state index in [9.17, 15) is 18.3 Å². The van der Waals surface area contributed by atoms with Crippen LogP contribution in [0.4, 0.5) is 18.9 Å². The Kier molecular flexibility index (Phi) is 3.14. The summed E-state index contributed by atoms with van der Waals surface area (Å²) in [4.78, 5) is 7.97. The molecular weight excluding hydrogens is 295 g/mol. The van der Waals surface area contributed by atoms with E-state index >= 15 is 0 Å². The molecule has 3 rings (SSSR count). The maximum atomic E-state index is 12.5. The molecule has 0 amide bonds. The first kappa shape index (κ1) is 14.8. The van der Waals surface area contributed by atoms with E-state index < -0.39 is 18.0 Å². The Balaban J connectivity index is 1.94. The number of rotatable bonds is 2. The van der Waals surface area contributed by atoms with Gasteiger partial charge >= 0.3 is 6.18 Å². The zero-order chi connectivity index (χ0) is 16.1. The molecule has 116 valence electrons. The number of benzene rings is 1. The Morgan fingerprint density at radius 1 is 1.27 bits per heavy atom. The average molecular weight is 309 g/mol. The molecule has 0 saturated heterocycles. The fraction of sp³-hybridized carbons (Fsp3) is 0.333. The number of aliphatic hydroxyl groups excluding tert-OH is 1. The molecule has 1 aliphatic heterocycles. The van der Waals surface area contributed by atoms with Crippen molar-refractivity contribution < 1.29 is 18.3 Å². The van der Waals surface area contributed by atoms with E-state index in [1.54, 1.807) is 12.1 Å². The summed E-state index contributed by atoms with van der Waals surface area (Å²) >= 11 is 0. The van der Waals surface area contributed by atoms with Gasteiger partial charge in [-0.2, -0.15) is 13.2 Å². The minimum absolute atomic E-state index is 0.152. The molecule has 1 aromatic carbocycles. The molecule has 0 saturated carbocycles. The van der Waals surface area contributed by atoms with E-state index in [2.05, 4.69) is 9.98 Å². The van der Waals surface area contributed by atoms with Crippen LogP contribution < -0.4 is 0 Å². The van der Waals surface area contributed by atoms with Gasteiger partial charge in [0.05, 0.1) is 17.7 Å². The third-order valence-electron chi connectivity index (χ3n) is 3.69. The summed E-state index contributed by atoms with van der Waals surface area (Å²) < 4.78 is 38.9. The normalized spacial score (nSPS) is 17.5. The van der Waals surface area contributed by atoms with Crippen LogP contribution in [0.5, 0.6) is 0 Å². The number of hydrogen-bond donors (Lipinski definition) is 1. The minimum Gasteiger partial charge on any atom is -0.378 e. The van der Waals surface area contributed by atoms with Gasteiger partial charge < -0.3 is 9.67 Å². The largest absolute Gasteiger partial charge is 0.420 e. The predicted molar refractivity (Wildman–Crippen MR) is 75.8 cm³/mol. The number of aromatic nitrogens is 2. The molecule has 0 spiro atoms. The summed E-state index contributed by atoms with van der Waals surface area (Å²) in [5.74, 6) is 0. The van der Waals surface area contributed by atoms with E-state index in [0.717, 1.165) is 11.3 Å². The lowest BCUT2D eigenvalue weighted by atomic mass is 9.87. The van der Waals surface area contributed by atoms with Crippen LogP contribution in [0, 0.1) is 0 Å². The summed E-state index contributed by atoms with van der Waals surface area (Å²) in [6.07, 6.45) is -3.06. The van der Waals surface area contributed by atoms with E-state index in [-0.39, 0.29) is 5.41 Å². The highest BCUT2D eigenvalue weighted by atomic mass is 19.4. The van der Waals surface area contributed by atoms with Crippen LogP contribution in [0.15, 0.2) is 35.7 Å². The quantitative estimate of drug-likeness (QED) is 0.923. The average Bonchev–Trinajstić information content (AvgIpc) is 3.02. The number of aliphatic imine (C=N–C) groups is 1. The molecule has 2 heterocycles. The third kappa shape index (κ3) is 2.41. The number of halogens is 3. The summed E-state index contributed by atoms with van der Waals surface area (Å²) in [7, 11) is 0. The molecule has 0 aliphatic carbocycles. The molecule has 1 aromatic heterocycles. The standard InChI is InChI=1S/C15H14F3N3O/c1-14(2)7-19-11-5-9(3-4-10(11)14)21-6-12(20-8-21)13(22)15(16,17)18/h3-8,13,22H,1-2H3. The van der Waals surface area contributed by atoms with Crippen molar-refractivity contribution in [3.05, 3.63) is 42.0 Å². The maximum absolute atomic E-state index is 12.5. The van der Waals surface area contributed by atoms with Crippen LogP contribution in [0.3, 0.4) is 0 Å². The Hall–Kier alpha value is -2.15. The van der Waals surface area contributed by atoms with Gasteiger partial charge in [-0.15, -0.1) is 0 Å². The number of fused-ring (bicyclic) bond motifs is 1. The molecule has 0 radical (unpaired) electrons. The Morgan fingerprint density at radius 2 is 2.00 bits per heavy atom. The molecule has 22 heavy (non-hydrogen) atoms. The van der Waals surface area contributed by atoms with Crippen LogP contribution >= 0.6 is 0 Å². The van der Waals surface area contributed by atoms with E-state index in [4.69, 9.17) is 0 Å². The third-order valence-corrected chi connectivity index (χ3v) is 3.69. The van der Waals surface area contributed by atoms with Gasteiger partial charge in [-0.3, -0.25) is 4.99 Å². The number of hydrogen-bond acceptors (Lipinski definition) is 3. The van der Waals surface area contributed by atoms with Crippen LogP contribution in [0.25, 0.3) is 5.69 Å². The highest BCUT2D eigenvalue weighted by molar-refractivity contribution is 5.84. The predicted octanol–water partition coefficient (Wildman–Crippen LogP) is 3.46. The van der Waals surface area contributed by atoms with Gasteiger partial charge in [-0.1, -0.05) is 19.9 Å². The van der Waals surface area contributed by atoms with E-state index in [1.807, 2.05) is 26.1 Å². The topological polar surface area (TPSA) is 50.4 Å². The van der Waals surface area contributed by atoms with Crippen LogP contribution in [-0.2, 0) is 5.41 Å². The summed E-state index contributed by atoms with van der Waals surface area (Å²) in [5.41, 5.74) is 1.90. The van der Waals surface area contributed by atoms with Crippen LogP contribution in [0.1, 0.15) is 31.2 Å². The monoisotopic (exact) mass is 309 g/mol. The van der Waals surface area contributed by atoms with Crippen molar-refractivity contribution in [1.29, 1.82) is 0 Å². The van der Waals surface area contributed by atoms with Gasteiger partial charge in [0, 0.05) is 23.5 Å². The Labute approximate surface area is 124 Å². The Bertz CT molecular complexity index is 747. The number of imidazole rings is 1. The molecule has 2 aromatic rings. The molecule has 1 atom stereocenters. The first-order chi connectivity index (χ1) is 10.2. The number of alkyl halides is 3. The lowest BCUT2D eigenvalue weighted by molar-refractivity contribution is -0.207. The highest BCUT2D eigenvalue weighted by Crippen LogP contribution is 2.38. The second-order valence-corrected chi connectivity index (χ2v) is 5.83. The lowest BCUT2D eigenvalue weighted by Gasteiger charge is -2.16. The van der Waals surface area contributed by atoms with Crippen molar-refractivity contribution in [2.45, 2.75) is 31.5 Å². The lowest BCUT2D eigenvalue weighted by Crippen LogP contribution is -2.20. The highest BCUT2D eigenvalue weighted by Gasteiger charge is 2.40. The van der Waals surface area contributed by atoms with Gasteiger partial charge in [-0.05, 0) is 17.7 Å². The Morgan fingerprint density at radius 3 is 2.68 bits per heavy atom. The van der Waals surface area contributed by atoms with Crippen molar-refractivity contribution >= 4 is 11.9 Å². The van der Waals surface area contributed by atoms with Gasteiger partial charge in [0.1, 0.15) is 0 Å². The maximum Gasteiger partial charge on any atom is 0.420 e. The minimum atomic E-state index is -4.73. The number of nitrogens with zero attached hydrogens (tertiary/aromatic N) is 3. The van der Waals surface area contributed by atoms with E-state index in [0.29, 0.717) is 5.69 Å². The molecule has 0 bridgehead atoms. The first-order valence-electron chi connectivity index (χ1n) is 6.67. The van der Waals surface area contributed by atoms with Gasteiger partial charge in [0.2, 0.25) is 0 Å². The van der Waals surface area contributed by atoms with Gasteiger partial charge in [-0.25, -0.2) is 4.98 Å². The van der Waals surface area contributed by atoms with Gasteiger partial charge in [0.25, 0.3) is 0 Å². The smallest absolute Gasteiger partial charge is 0.378 e. The zero-order valence-corrected chi connectivity index (χ0v) is 12.0. The van der Waals surface area contributed by atoms with Gasteiger partial charge in [0.15, 0.2) is 6.10 Å². The van der Waals surface area contributed by atoms with Crippen LogP contribution in [-0.4, -0.2) is 27.0 Å².